The Morgan fingerprint density at radius 2 is 2.12 bits per heavy atom. The number of benzene rings is 1. The van der Waals surface area contributed by atoms with Gasteiger partial charge in [-0.05, 0) is 6.92 Å². The van der Waals surface area contributed by atoms with Crippen molar-refractivity contribution in [1.29, 1.82) is 0 Å². The first kappa shape index (κ1) is 11.2. The normalized spacial score (nSPS) is 10.2. The van der Waals surface area contributed by atoms with Crippen LogP contribution in [0.25, 0.3) is 11.3 Å². The van der Waals surface area contributed by atoms with Gasteiger partial charge in [0.05, 0.1) is 6.61 Å². The van der Waals surface area contributed by atoms with E-state index in [0.29, 0.717) is 5.69 Å². The second-order valence-corrected chi connectivity index (χ2v) is 3.36. The van der Waals surface area contributed by atoms with Gasteiger partial charge >= 0.3 is 5.97 Å². The number of nitrogens with two attached hydrogens (primary N) is 1. The highest BCUT2D eigenvalue weighted by Crippen LogP contribution is 2.27. The first-order valence-electron chi connectivity index (χ1n) is 5.21. The fourth-order valence-electron chi connectivity index (χ4n) is 1.45. The van der Waals surface area contributed by atoms with Crippen molar-refractivity contribution in [3.8, 4) is 11.3 Å². The van der Waals surface area contributed by atoms with E-state index in [1.54, 1.807) is 6.92 Å². The van der Waals surface area contributed by atoms with Gasteiger partial charge in [0.1, 0.15) is 11.4 Å². The Morgan fingerprint density at radius 3 is 2.76 bits per heavy atom. The number of carbonyl (C=O) groups excluding carboxylic acids is 1. The molecule has 0 amide bonds. The molecular weight excluding hydrogens is 220 g/mol. The van der Waals surface area contributed by atoms with E-state index in [2.05, 4.69) is 5.16 Å². The number of rotatable bonds is 3. The number of nitrogen functional groups attached to an aromatic ring is 1. The van der Waals surface area contributed by atoms with E-state index in [-0.39, 0.29) is 18.1 Å². The third-order valence-electron chi connectivity index (χ3n) is 2.24. The van der Waals surface area contributed by atoms with Crippen LogP contribution in [0.1, 0.15) is 17.5 Å². The molecule has 0 spiro atoms. The molecule has 1 aromatic heterocycles. The summed E-state index contributed by atoms with van der Waals surface area (Å²) in [6.45, 7) is 1.97. The molecule has 0 radical (unpaired) electrons. The lowest BCUT2D eigenvalue weighted by Crippen LogP contribution is -2.06. The van der Waals surface area contributed by atoms with Crippen LogP contribution in [0, 0.1) is 0 Å². The zero-order valence-corrected chi connectivity index (χ0v) is 9.34. The van der Waals surface area contributed by atoms with Gasteiger partial charge in [0.15, 0.2) is 0 Å². The van der Waals surface area contributed by atoms with Crippen LogP contribution in [-0.4, -0.2) is 17.7 Å². The molecule has 0 saturated carbocycles. The van der Waals surface area contributed by atoms with Gasteiger partial charge in [0.25, 0.3) is 5.76 Å². The van der Waals surface area contributed by atoms with Gasteiger partial charge in [0.2, 0.25) is 0 Å². The Kier molecular flexibility index (Phi) is 3.09. The second-order valence-electron chi connectivity index (χ2n) is 3.36. The van der Waals surface area contributed by atoms with E-state index in [0.717, 1.165) is 5.56 Å². The Balaban J connectivity index is 2.37. The molecule has 0 aliphatic carbocycles. The summed E-state index contributed by atoms with van der Waals surface area (Å²) in [7, 11) is 0. The lowest BCUT2D eigenvalue weighted by atomic mass is 10.1. The summed E-state index contributed by atoms with van der Waals surface area (Å²) in [6, 6.07) is 9.26. The summed E-state index contributed by atoms with van der Waals surface area (Å²) in [5, 5.41) is 3.79. The van der Waals surface area contributed by atoms with Crippen molar-refractivity contribution in [1.82, 2.24) is 5.16 Å². The van der Waals surface area contributed by atoms with Crippen molar-refractivity contribution in [2.24, 2.45) is 0 Å². The fraction of sp³-hybridized carbons (Fsp3) is 0.167. The number of ether oxygens (including phenoxy) is 1. The molecule has 0 bridgehead atoms. The van der Waals surface area contributed by atoms with Crippen LogP contribution in [0.3, 0.4) is 0 Å². The molecule has 0 saturated heterocycles. The maximum absolute atomic E-state index is 11.5. The number of carbonyl (C=O) groups is 1. The lowest BCUT2D eigenvalue weighted by Gasteiger charge is -1.98. The minimum atomic E-state index is -0.598. The largest absolute Gasteiger partial charge is 0.460 e. The maximum Gasteiger partial charge on any atom is 0.379 e. The minimum Gasteiger partial charge on any atom is -0.460 e. The monoisotopic (exact) mass is 232 g/mol. The molecule has 0 atom stereocenters. The number of anilines is 1. The van der Waals surface area contributed by atoms with Gasteiger partial charge in [-0.15, -0.1) is 0 Å². The zero-order valence-electron chi connectivity index (χ0n) is 9.34. The quantitative estimate of drug-likeness (QED) is 0.820. The van der Waals surface area contributed by atoms with Crippen LogP contribution in [0.15, 0.2) is 34.9 Å². The van der Waals surface area contributed by atoms with Gasteiger partial charge in [-0.2, -0.15) is 0 Å². The van der Waals surface area contributed by atoms with Gasteiger partial charge in [-0.1, -0.05) is 35.5 Å². The molecule has 0 aliphatic heterocycles. The number of nitrogens with zero attached hydrogens (tertiary/aromatic N) is 1. The van der Waals surface area contributed by atoms with Crippen LogP contribution >= 0.6 is 0 Å². The van der Waals surface area contributed by atoms with Crippen molar-refractivity contribution >= 4 is 11.7 Å². The summed E-state index contributed by atoms with van der Waals surface area (Å²) < 4.78 is 9.72. The van der Waals surface area contributed by atoms with Crippen LogP contribution in [0.4, 0.5) is 5.69 Å². The van der Waals surface area contributed by atoms with Crippen LogP contribution in [-0.2, 0) is 4.74 Å². The number of hydrogen-bond acceptors (Lipinski definition) is 5. The summed E-state index contributed by atoms with van der Waals surface area (Å²) in [6.07, 6.45) is 0. The minimum absolute atomic E-state index is 0.0503. The average Bonchev–Trinajstić information content (AvgIpc) is 2.72. The molecule has 0 aliphatic rings. The molecule has 0 unspecified atom stereocenters. The highest BCUT2D eigenvalue weighted by atomic mass is 16.6. The van der Waals surface area contributed by atoms with E-state index >= 15 is 0 Å². The van der Waals surface area contributed by atoms with E-state index in [1.165, 1.54) is 0 Å². The predicted molar refractivity (Wildman–Crippen MR) is 62.3 cm³/mol. The fourth-order valence-corrected chi connectivity index (χ4v) is 1.45. The van der Waals surface area contributed by atoms with Crippen molar-refractivity contribution in [2.45, 2.75) is 6.92 Å². The van der Waals surface area contributed by atoms with Crippen molar-refractivity contribution < 1.29 is 14.1 Å². The van der Waals surface area contributed by atoms with E-state index < -0.39 is 5.97 Å². The molecule has 0 fully saturated rings. The van der Waals surface area contributed by atoms with Gasteiger partial charge in [0, 0.05) is 5.56 Å². The van der Waals surface area contributed by atoms with Gasteiger partial charge in [-0.25, -0.2) is 4.79 Å². The molecular formula is C12H12N2O3. The predicted octanol–water partition coefficient (Wildman–Crippen LogP) is 2.10. The van der Waals surface area contributed by atoms with E-state index in [1.807, 2.05) is 30.3 Å². The molecule has 5 heteroatoms. The van der Waals surface area contributed by atoms with Crippen LogP contribution < -0.4 is 5.73 Å². The lowest BCUT2D eigenvalue weighted by molar-refractivity contribution is 0.0481. The summed E-state index contributed by atoms with van der Waals surface area (Å²) >= 11 is 0. The van der Waals surface area contributed by atoms with Gasteiger partial charge in [-0.3, -0.25) is 0 Å². The first-order chi connectivity index (χ1) is 8.24. The first-order valence-corrected chi connectivity index (χ1v) is 5.21. The molecule has 5 nitrogen and oxygen atoms in total. The average molecular weight is 232 g/mol. The second kappa shape index (κ2) is 4.69. The molecule has 2 rings (SSSR count). The standard InChI is InChI=1S/C12H12N2O3/c1-2-16-12(15)11-9(13)10(14-17-11)8-6-4-3-5-7-8/h3-7H,2,13H2,1H3. The summed E-state index contributed by atoms with van der Waals surface area (Å²) in [5.41, 5.74) is 7.26. The SMILES string of the molecule is CCOC(=O)c1onc(-c2ccccc2)c1N. The number of hydrogen-bond donors (Lipinski definition) is 1. The third-order valence-corrected chi connectivity index (χ3v) is 2.24. The Bertz CT molecular complexity index is 520. The summed E-state index contributed by atoms with van der Waals surface area (Å²) in [5.74, 6) is -0.648. The van der Waals surface area contributed by atoms with E-state index in [9.17, 15) is 4.79 Å². The van der Waals surface area contributed by atoms with Crippen LogP contribution in [0.5, 0.6) is 0 Å². The highest BCUT2D eigenvalue weighted by Gasteiger charge is 2.21. The maximum atomic E-state index is 11.5. The number of esters is 1. The molecule has 2 aromatic rings. The molecule has 2 N–H and O–H groups in total. The number of aromatic nitrogens is 1. The van der Waals surface area contributed by atoms with Crippen molar-refractivity contribution in [3.05, 3.63) is 36.1 Å². The molecule has 1 heterocycles. The molecule has 1 aromatic carbocycles. The smallest absolute Gasteiger partial charge is 0.379 e. The van der Waals surface area contributed by atoms with Crippen LogP contribution in [0.2, 0.25) is 0 Å². The van der Waals surface area contributed by atoms with Crippen molar-refractivity contribution in [3.63, 3.8) is 0 Å². The van der Waals surface area contributed by atoms with Crippen molar-refractivity contribution in [2.75, 3.05) is 12.3 Å². The summed E-state index contributed by atoms with van der Waals surface area (Å²) in [4.78, 5) is 11.5. The highest BCUT2D eigenvalue weighted by molar-refractivity contribution is 5.95. The molecule has 88 valence electrons. The Labute approximate surface area is 98.2 Å². The third kappa shape index (κ3) is 2.13. The zero-order chi connectivity index (χ0) is 12.3. The van der Waals surface area contributed by atoms with E-state index in [4.69, 9.17) is 15.0 Å². The topological polar surface area (TPSA) is 78.3 Å². The Hall–Kier alpha value is -2.30. The Morgan fingerprint density at radius 1 is 1.41 bits per heavy atom. The van der Waals surface area contributed by atoms with Gasteiger partial charge < -0.3 is 15.0 Å². The molecule has 17 heavy (non-hydrogen) atoms.